The molecule has 4 aromatic rings. The number of alkyl carbamates (subject to hydrolysis) is 1. The first-order valence-corrected chi connectivity index (χ1v) is 13.8. The second-order valence-corrected chi connectivity index (χ2v) is 10.1. The summed E-state index contributed by atoms with van der Waals surface area (Å²) < 4.78 is 11.6. The lowest BCUT2D eigenvalue weighted by Crippen LogP contribution is -2.54. The highest BCUT2D eigenvalue weighted by atomic mass is 16.5. The number of aliphatic carboxylic acids is 1. The molecule has 5 rings (SSSR count). The van der Waals surface area contributed by atoms with Crippen molar-refractivity contribution in [1.82, 2.24) is 10.6 Å². The van der Waals surface area contributed by atoms with E-state index in [0.29, 0.717) is 5.56 Å². The van der Waals surface area contributed by atoms with E-state index < -0.39 is 36.2 Å². The number of hydrogen-bond acceptors (Lipinski definition) is 5. The molecule has 0 saturated carbocycles. The van der Waals surface area contributed by atoms with Gasteiger partial charge in [0.2, 0.25) is 5.91 Å². The number of amides is 2. The third-order valence-corrected chi connectivity index (χ3v) is 7.39. The van der Waals surface area contributed by atoms with Crippen LogP contribution in [0.15, 0.2) is 109 Å². The molecule has 0 spiro atoms. The van der Waals surface area contributed by atoms with Crippen LogP contribution >= 0.6 is 0 Å². The van der Waals surface area contributed by atoms with Gasteiger partial charge in [0.25, 0.3) is 0 Å². The summed E-state index contributed by atoms with van der Waals surface area (Å²) >= 11 is 0. The van der Waals surface area contributed by atoms with E-state index in [9.17, 15) is 19.5 Å². The van der Waals surface area contributed by atoms with Crippen LogP contribution in [0.25, 0.3) is 11.1 Å². The molecule has 0 heterocycles. The van der Waals surface area contributed by atoms with Crippen molar-refractivity contribution < 1.29 is 29.0 Å². The first kappa shape index (κ1) is 28.6. The van der Waals surface area contributed by atoms with Crippen molar-refractivity contribution in [3.05, 3.63) is 131 Å². The molecule has 214 valence electrons. The van der Waals surface area contributed by atoms with Gasteiger partial charge in [0.15, 0.2) is 6.04 Å². The molecule has 8 nitrogen and oxygen atoms in total. The van der Waals surface area contributed by atoms with Gasteiger partial charge in [-0.1, -0.05) is 109 Å². The van der Waals surface area contributed by atoms with Crippen LogP contribution in [0, 0.1) is 0 Å². The predicted octanol–water partition coefficient (Wildman–Crippen LogP) is 5.44. The molecular weight excluding hydrogens is 532 g/mol. The number of benzene rings is 4. The molecule has 3 unspecified atom stereocenters. The molecule has 1 aliphatic carbocycles. The van der Waals surface area contributed by atoms with Gasteiger partial charge in [-0.2, -0.15) is 0 Å². The lowest BCUT2D eigenvalue weighted by Gasteiger charge is -2.26. The van der Waals surface area contributed by atoms with Crippen LogP contribution in [0.5, 0.6) is 0 Å². The van der Waals surface area contributed by atoms with Crippen molar-refractivity contribution in [3.63, 3.8) is 0 Å². The highest BCUT2D eigenvalue weighted by Gasteiger charge is 2.33. The largest absolute Gasteiger partial charge is 0.479 e. The van der Waals surface area contributed by atoms with E-state index in [-0.39, 0.29) is 19.1 Å². The minimum atomic E-state index is -1.31. The van der Waals surface area contributed by atoms with Gasteiger partial charge in [-0.3, -0.25) is 4.79 Å². The van der Waals surface area contributed by atoms with Gasteiger partial charge in [-0.15, -0.1) is 0 Å². The molecule has 8 heteroatoms. The van der Waals surface area contributed by atoms with Gasteiger partial charge in [-0.05, 0) is 40.3 Å². The fourth-order valence-corrected chi connectivity index (χ4v) is 5.23. The maximum Gasteiger partial charge on any atom is 0.407 e. The molecule has 0 radical (unpaired) electrons. The second kappa shape index (κ2) is 13.1. The SMILES string of the molecule is CC(OCc1ccccc1)C(NC(=O)OCC1c2ccccc2-c2ccccc21)C(=O)NC(C(=O)O)c1ccccc1. The summed E-state index contributed by atoms with van der Waals surface area (Å²) in [5, 5.41) is 15.0. The van der Waals surface area contributed by atoms with Crippen LogP contribution in [-0.2, 0) is 25.7 Å². The Balaban J connectivity index is 1.30. The van der Waals surface area contributed by atoms with Crippen molar-refractivity contribution >= 4 is 18.0 Å². The molecule has 2 amide bonds. The Morgan fingerprint density at radius 1 is 0.762 bits per heavy atom. The quantitative estimate of drug-likeness (QED) is 0.224. The topological polar surface area (TPSA) is 114 Å². The summed E-state index contributed by atoms with van der Waals surface area (Å²) in [5.74, 6) is -2.09. The number of rotatable bonds is 11. The Kier molecular flexibility index (Phi) is 8.94. The molecule has 0 aliphatic heterocycles. The Morgan fingerprint density at radius 3 is 1.90 bits per heavy atom. The first-order chi connectivity index (χ1) is 20.4. The van der Waals surface area contributed by atoms with Crippen LogP contribution in [0.1, 0.15) is 41.1 Å². The summed E-state index contributed by atoms with van der Waals surface area (Å²) in [4.78, 5) is 38.7. The number of nitrogens with one attached hydrogen (secondary N) is 2. The second-order valence-electron chi connectivity index (χ2n) is 10.1. The van der Waals surface area contributed by atoms with Crippen molar-refractivity contribution in [1.29, 1.82) is 0 Å². The predicted molar refractivity (Wildman–Crippen MR) is 158 cm³/mol. The third-order valence-electron chi connectivity index (χ3n) is 7.39. The van der Waals surface area contributed by atoms with Crippen molar-refractivity contribution in [2.75, 3.05) is 6.61 Å². The van der Waals surface area contributed by atoms with E-state index in [0.717, 1.165) is 27.8 Å². The lowest BCUT2D eigenvalue weighted by molar-refractivity contribution is -0.143. The summed E-state index contributed by atoms with van der Waals surface area (Å²) in [7, 11) is 0. The third kappa shape index (κ3) is 6.50. The first-order valence-electron chi connectivity index (χ1n) is 13.8. The van der Waals surface area contributed by atoms with Crippen LogP contribution in [0.2, 0.25) is 0 Å². The van der Waals surface area contributed by atoms with E-state index >= 15 is 0 Å². The number of carboxylic acids is 1. The van der Waals surface area contributed by atoms with Gasteiger partial charge >= 0.3 is 12.1 Å². The molecular formula is C34H32N2O6. The van der Waals surface area contributed by atoms with Gasteiger partial charge in [-0.25, -0.2) is 9.59 Å². The average molecular weight is 565 g/mol. The Morgan fingerprint density at radius 2 is 1.31 bits per heavy atom. The number of ether oxygens (including phenoxy) is 2. The highest BCUT2D eigenvalue weighted by molar-refractivity contribution is 5.90. The fraction of sp³-hybridized carbons (Fsp3) is 0.206. The molecule has 0 saturated heterocycles. The molecule has 42 heavy (non-hydrogen) atoms. The average Bonchev–Trinajstić information content (AvgIpc) is 3.34. The molecule has 3 atom stereocenters. The van der Waals surface area contributed by atoms with E-state index in [1.807, 2.05) is 78.9 Å². The van der Waals surface area contributed by atoms with Gasteiger partial charge in [0, 0.05) is 5.92 Å². The number of carboxylic acid groups (broad SMARTS) is 1. The zero-order chi connectivity index (χ0) is 29.5. The zero-order valence-corrected chi connectivity index (χ0v) is 23.1. The number of carbonyl (C=O) groups excluding carboxylic acids is 2. The molecule has 0 fully saturated rings. The maximum atomic E-state index is 13.5. The minimum absolute atomic E-state index is 0.0647. The Labute approximate surface area is 244 Å². The molecule has 4 aromatic carbocycles. The van der Waals surface area contributed by atoms with E-state index in [1.54, 1.807) is 37.3 Å². The van der Waals surface area contributed by atoms with Crippen LogP contribution < -0.4 is 10.6 Å². The highest BCUT2D eigenvalue weighted by Crippen LogP contribution is 2.44. The van der Waals surface area contributed by atoms with E-state index in [4.69, 9.17) is 9.47 Å². The van der Waals surface area contributed by atoms with Crippen molar-refractivity contribution in [2.45, 2.75) is 37.6 Å². The summed E-state index contributed by atoms with van der Waals surface area (Å²) in [6.07, 6.45) is -1.62. The van der Waals surface area contributed by atoms with Gasteiger partial charge in [0.05, 0.1) is 12.7 Å². The normalized spacial score (nSPS) is 14.1. The monoisotopic (exact) mass is 564 g/mol. The van der Waals surface area contributed by atoms with E-state index in [1.165, 1.54) is 0 Å². The fourth-order valence-electron chi connectivity index (χ4n) is 5.23. The molecule has 1 aliphatic rings. The summed E-state index contributed by atoms with van der Waals surface area (Å²) in [6.45, 7) is 1.91. The summed E-state index contributed by atoms with van der Waals surface area (Å²) in [6, 6.07) is 31.2. The standard InChI is InChI=1S/C34H32N2O6/c1-22(41-20-23-12-4-2-5-13-23)30(32(37)35-31(33(38)39)24-14-6-3-7-15-24)36-34(40)42-21-29-27-18-10-8-16-25(27)26-17-9-11-19-28(26)29/h2-19,22,29-31H,20-21H2,1H3,(H,35,37)(H,36,40)(H,38,39). The van der Waals surface area contributed by atoms with E-state index in [2.05, 4.69) is 10.6 Å². The molecule has 3 N–H and O–H groups in total. The number of carbonyl (C=O) groups is 3. The van der Waals surface area contributed by atoms with Crippen molar-refractivity contribution in [3.8, 4) is 11.1 Å². The number of hydrogen-bond donors (Lipinski definition) is 3. The smallest absolute Gasteiger partial charge is 0.407 e. The van der Waals surface area contributed by atoms with Gasteiger partial charge < -0.3 is 25.2 Å². The van der Waals surface area contributed by atoms with Crippen LogP contribution in [-0.4, -0.2) is 41.8 Å². The van der Waals surface area contributed by atoms with Crippen LogP contribution in [0.3, 0.4) is 0 Å². The zero-order valence-electron chi connectivity index (χ0n) is 23.1. The lowest BCUT2D eigenvalue weighted by atomic mass is 9.98. The molecule has 0 bridgehead atoms. The van der Waals surface area contributed by atoms with Gasteiger partial charge in [0.1, 0.15) is 12.6 Å². The molecule has 0 aromatic heterocycles. The minimum Gasteiger partial charge on any atom is -0.479 e. The maximum absolute atomic E-state index is 13.5. The summed E-state index contributed by atoms with van der Waals surface area (Å²) in [5.41, 5.74) is 5.61. The Bertz CT molecular complexity index is 1500. The van der Waals surface area contributed by atoms with Crippen molar-refractivity contribution in [2.24, 2.45) is 0 Å². The Hall–Kier alpha value is -4.95. The number of fused-ring (bicyclic) bond motifs is 3. The van der Waals surface area contributed by atoms with Crippen LogP contribution in [0.4, 0.5) is 4.79 Å².